The summed E-state index contributed by atoms with van der Waals surface area (Å²) >= 11 is 0. The number of aliphatic hydroxyl groups is 2. The molecule has 0 unspecified atom stereocenters. The summed E-state index contributed by atoms with van der Waals surface area (Å²) in [5.41, 5.74) is 0.761. The number of ether oxygens (including phenoxy) is 1. The fourth-order valence-electron chi connectivity index (χ4n) is 8.16. The third-order valence-corrected chi connectivity index (χ3v) is 10.2. The van der Waals surface area contributed by atoms with E-state index in [1.54, 1.807) is 11.0 Å². The van der Waals surface area contributed by atoms with E-state index in [0.29, 0.717) is 19.4 Å². The molecule has 3 saturated heterocycles. The molecule has 5 heterocycles. The number of fused-ring (bicyclic) bond motifs is 5. The van der Waals surface area contributed by atoms with Crippen molar-refractivity contribution in [3.05, 3.63) is 77.5 Å². The molecule has 11 heteroatoms. The summed E-state index contributed by atoms with van der Waals surface area (Å²) in [7, 11) is 1.87. The number of hydrogen-bond donors (Lipinski definition) is 4. The summed E-state index contributed by atoms with van der Waals surface area (Å²) in [5, 5.41) is 27.7. The van der Waals surface area contributed by atoms with Crippen molar-refractivity contribution in [2.75, 3.05) is 20.1 Å². The van der Waals surface area contributed by atoms with E-state index in [9.17, 15) is 24.6 Å². The number of benzene rings is 2. The van der Waals surface area contributed by atoms with E-state index in [4.69, 9.17) is 4.74 Å². The largest absolute Gasteiger partial charge is 0.375 e. The zero-order valence-electron chi connectivity index (χ0n) is 24.6. The van der Waals surface area contributed by atoms with E-state index in [2.05, 4.69) is 10.3 Å². The van der Waals surface area contributed by atoms with Gasteiger partial charge in [0.15, 0.2) is 5.60 Å². The van der Waals surface area contributed by atoms with Gasteiger partial charge in [0.2, 0.25) is 11.6 Å². The third kappa shape index (κ3) is 3.73. The molecule has 0 spiro atoms. The summed E-state index contributed by atoms with van der Waals surface area (Å²) in [4.78, 5) is 49.9. The first-order chi connectivity index (χ1) is 21.0. The topological polar surface area (TPSA) is 138 Å². The summed E-state index contributed by atoms with van der Waals surface area (Å²) < 4.78 is 6.16. The van der Waals surface area contributed by atoms with E-state index in [1.165, 1.54) is 12.5 Å². The molecule has 228 valence electrons. The quantitative estimate of drug-likeness (QED) is 0.354. The number of carbonyl (C=O) groups excluding carboxylic acids is 3. The van der Waals surface area contributed by atoms with Crippen LogP contribution in [0.15, 0.2) is 60.8 Å². The van der Waals surface area contributed by atoms with Crippen molar-refractivity contribution in [1.82, 2.24) is 25.0 Å². The van der Waals surface area contributed by atoms with Gasteiger partial charge in [0.1, 0.15) is 12.1 Å². The van der Waals surface area contributed by atoms with Gasteiger partial charge in [0, 0.05) is 42.7 Å². The molecule has 6 atom stereocenters. The van der Waals surface area contributed by atoms with E-state index in [0.717, 1.165) is 38.9 Å². The predicted molar refractivity (Wildman–Crippen MR) is 159 cm³/mol. The summed E-state index contributed by atoms with van der Waals surface area (Å²) in [6, 6.07) is 13.4. The maximum Gasteiger partial charge on any atom is 0.280 e. The Labute approximate surface area is 254 Å². The van der Waals surface area contributed by atoms with E-state index in [1.807, 2.05) is 66.7 Å². The van der Waals surface area contributed by atoms with Crippen LogP contribution in [0.5, 0.6) is 0 Å². The summed E-state index contributed by atoms with van der Waals surface area (Å²) in [6.45, 7) is 1.82. The monoisotopic (exact) mass is 597 g/mol. The number of rotatable bonds is 4. The van der Waals surface area contributed by atoms with Crippen molar-refractivity contribution < 1.29 is 29.3 Å². The molecule has 4 N–H and O–H groups in total. The van der Waals surface area contributed by atoms with Crippen LogP contribution in [0.2, 0.25) is 0 Å². The van der Waals surface area contributed by atoms with Crippen molar-refractivity contribution in [3.63, 3.8) is 0 Å². The van der Waals surface area contributed by atoms with Gasteiger partial charge in [-0.25, -0.2) is 0 Å². The average Bonchev–Trinajstić information content (AvgIpc) is 3.70. The SMILES string of the molecule is CN1C[C@](O)(C(=O)N[C@]2(C)O[C@@]3(O)[C@@H]4CCCN4C(=O)[C@H](Cc4ccccc4)N3C2=O)C=C2c3cccc4[nH]cc(c34)C[C@H]21. The van der Waals surface area contributed by atoms with Crippen LogP contribution in [-0.4, -0.2) is 103 Å². The first-order valence-electron chi connectivity index (χ1n) is 15.2. The molecule has 0 radical (unpaired) electrons. The van der Waals surface area contributed by atoms with Gasteiger partial charge in [0.05, 0.1) is 0 Å². The van der Waals surface area contributed by atoms with Gasteiger partial charge >= 0.3 is 0 Å². The molecule has 4 aliphatic heterocycles. The molecule has 8 rings (SSSR count). The smallest absolute Gasteiger partial charge is 0.280 e. The van der Waals surface area contributed by atoms with Crippen LogP contribution in [0, 0.1) is 0 Å². The Balaban J connectivity index is 1.14. The lowest BCUT2D eigenvalue weighted by Crippen LogP contribution is -2.71. The highest BCUT2D eigenvalue weighted by atomic mass is 16.7. The van der Waals surface area contributed by atoms with Crippen LogP contribution in [0.3, 0.4) is 0 Å². The lowest BCUT2D eigenvalue weighted by Gasteiger charge is -2.48. The standard InChI is InChI=1S/C33H35N5O6/c1-31(30(41)38-25(14-19-8-4-3-5-9-19)28(39)37-13-7-12-26(37)33(38,43)44-31)35-29(40)32(42)16-22-21-10-6-11-23-27(21)20(17-34-23)15-24(22)36(2)18-32/h3-6,8-11,16-17,24-26,34,42-43H,7,12-15,18H2,1-2H3,(H,35,40)/t24-,25+,26+,31-,32+,33+/m1/s1. The second kappa shape index (κ2) is 9.24. The molecular weight excluding hydrogens is 562 g/mol. The maximum atomic E-state index is 14.2. The van der Waals surface area contributed by atoms with Crippen LogP contribution in [0.1, 0.15) is 36.5 Å². The number of carbonyl (C=O) groups is 3. The van der Waals surface area contributed by atoms with Crippen LogP contribution < -0.4 is 5.32 Å². The third-order valence-electron chi connectivity index (χ3n) is 10.2. The minimum absolute atomic E-state index is 0.00743. The fourth-order valence-corrected chi connectivity index (χ4v) is 8.16. The zero-order chi connectivity index (χ0) is 30.6. The van der Waals surface area contributed by atoms with Crippen LogP contribution >= 0.6 is 0 Å². The first kappa shape index (κ1) is 27.5. The van der Waals surface area contributed by atoms with Crippen LogP contribution in [-0.2, 0) is 32.0 Å². The molecule has 3 fully saturated rings. The zero-order valence-corrected chi connectivity index (χ0v) is 24.6. The number of aromatic amines is 1. The van der Waals surface area contributed by atoms with Crippen molar-refractivity contribution in [1.29, 1.82) is 0 Å². The lowest BCUT2D eigenvalue weighted by molar-refractivity contribution is -0.315. The van der Waals surface area contributed by atoms with Gasteiger partial charge in [0.25, 0.3) is 17.7 Å². The van der Waals surface area contributed by atoms with E-state index >= 15 is 0 Å². The number of amides is 3. The lowest BCUT2D eigenvalue weighted by atomic mass is 9.78. The highest BCUT2D eigenvalue weighted by Gasteiger charge is 2.70. The number of hydrogen-bond acceptors (Lipinski definition) is 7. The Morgan fingerprint density at radius 1 is 1.14 bits per heavy atom. The minimum atomic E-state index is -2.14. The Hall–Kier alpha value is -4.03. The average molecular weight is 598 g/mol. The summed E-state index contributed by atoms with van der Waals surface area (Å²) in [5.74, 6) is -3.95. The maximum absolute atomic E-state index is 14.2. The highest BCUT2D eigenvalue weighted by molar-refractivity contribution is 6.02. The Kier molecular flexibility index (Phi) is 5.78. The normalized spacial score (nSPS) is 34.5. The Bertz CT molecular complexity index is 1760. The van der Waals surface area contributed by atoms with Crippen LogP contribution in [0.25, 0.3) is 16.5 Å². The fraction of sp³-hybridized carbons (Fsp3) is 0.424. The Morgan fingerprint density at radius 3 is 2.73 bits per heavy atom. The first-order valence-corrected chi connectivity index (χ1v) is 15.2. The molecule has 44 heavy (non-hydrogen) atoms. The number of nitrogens with one attached hydrogen (secondary N) is 2. The van der Waals surface area contributed by atoms with Gasteiger partial charge in [-0.15, -0.1) is 0 Å². The number of aromatic nitrogens is 1. The van der Waals surface area contributed by atoms with E-state index < -0.39 is 41.1 Å². The van der Waals surface area contributed by atoms with E-state index in [-0.39, 0.29) is 24.9 Å². The molecule has 0 bridgehead atoms. The van der Waals surface area contributed by atoms with Crippen molar-refractivity contribution in [3.8, 4) is 0 Å². The van der Waals surface area contributed by atoms with Gasteiger partial charge in [-0.1, -0.05) is 42.5 Å². The van der Waals surface area contributed by atoms with Gasteiger partial charge in [-0.05, 0) is 67.6 Å². The highest BCUT2D eigenvalue weighted by Crippen LogP contribution is 2.46. The van der Waals surface area contributed by atoms with Crippen LogP contribution in [0.4, 0.5) is 0 Å². The molecule has 1 aliphatic carbocycles. The number of nitrogens with zero attached hydrogens (tertiary/aromatic N) is 3. The van der Waals surface area contributed by atoms with Gasteiger partial charge in [-0.2, -0.15) is 0 Å². The number of H-pyrrole nitrogens is 1. The molecule has 11 nitrogen and oxygen atoms in total. The minimum Gasteiger partial charge on any atom is -0.375 e. The predicted octanol–water partition coefficient (Wildman–Crippen LogP) is 1.11. The van der Waals surface area contributed by atoms with Gasteiger partial charge < -0.3 is 25.4 Å². The van der Waals surface area contributed by atoms with Crippen molar-refractivity contribution in [2.24, 2.45) is 0 Å². The number of likely N-dealkylation sites (N-methyl/N-ethyl adjacent to an activating group) is 1. The molecular formula is C33H35N5O6. The molecule has 0 saturated carbocycles. The molecule has 5 aliphatic rings. The molecule has 1 aromatic heterocycles. The molecule has 3 aromatic rings. The molecule has 3 amide bonds. The second-order valence-electron chi connectivity index (χ2n) is 13.0. The van der Waals surface area contributed by atoms with Crippen molar-refractivity contribution in [2.45, 2.75) is 68.0 Å². The van der Waals surface area contributed by atoms with Crippen molar-refractivity contribution >= 4 is 34.2 Å². The molecule has 2 aromatic carbocycles. The van der Waals surface area contributed by atoms with Gasteiger partial charge in [-0.3, -0.25) is 28.9 Å². The number of β-amino-alcohol motifs (C(OH)–C–C–N with tert-alkyl or cyclic N) is 1. The summed E-state index contributed by atoms with van der Waals surface area (Å²) in [6.07, 6.45) is 5.62. The Morgan fingerprint density at radius 2 is 1.93 bits per heavy atom. The second-order valence-corrected chi connectivity index (χ2v) is 13.0. The number of piperazine rings is 1.